The fraction of sp³-hybridized carbons (Fsp3) is 0.722. The van der Waals surface area contributed by atoms with Gasteiger partial charge in [0.05, 0.1) is 13.7 Å². The molecule has 0 saturated carbocycles. The lowest BCUT2D eigenvalue weighted by atomic mass is 9.92. The maximum absolute atomic E-state index is 15.0. The minimum Gasteiger partial charge on any atom is -0.497 e. The topological polar surface area (TPSA) is 201 Å². The average Bonchev–Trinajstić information content (AvgIpc) is 3.86. The summed E-state index contributed by atoms with van der Waals surface area (Å²) in [5.74, 6) is -5.12. The lowest BCUT2D eigenvalue weighted by molar-refractivity contribution is -0.157. The van der Waals surface area contributed by atoms with Crippen LogP contribution in [0.5, 0.6) is 5.75 Å². The SMILES string of the molecule is CCC(C)C1C(=O)N(C)C(CC(C)C)C(=O)N(C)C(C(C)CC)C(=O)N(C)C(C)C(=O)N(C)CC(=O)N(C)C(CC(C)C)C(=O)N2CCCC2C(=O)N(C)C(Cc2ccc(OC)cc2)C(=O)NC(C)C(=O)N1C. The van der Waals surface area contributed by atoms with Gasteiger partial charge in [0.25, 0.3) is 0 Å². The summed E-state index contributed by atoms with van der Waals surface area (Å²) in [4.78, 5) is 142. The first-order chi connectivity index (χ1) is 34.1. The van der Waals surface area contributed by atoms with Gasteiger partial charge in [-0.3, -0.25) is 43.2 Å². The fourth-order valence-corrected chi connectivity index (χ4v) is 10.0. The first-order valence-corrected chi connectivity index (χ1v) is 26.2. The van der Waals surface area contributed by atoms with Gasteiger partial charge in [-0.2, -0.15) is 0 Å². The quantitative estimate of drug-likeness (QED) is 0.343. The molecular weight excluding hydrogens is 935 g/mol. The minimum absolute atomic E-state index is 0.0331. The van der Waals surface area contributed by atoms with Crippen molar-refractivity contribution in [3.8, 4) is 5.75 Å². The van der Waals surface area contributed by atoms with Crippen molar-refractivity contribution < 1.29 is 47.9 Å². The molecule has 1 aromatic rings. The van der Waals surface area contributed by atoms with E-state index in [4.69, 9.17) is 4.74 Å². The van der Waals surface area contributed by atoms with E-state index in [2.05, 4.69) is 5.32 Å². The molecule has 2 saturated heterocycles. The van der Waals surface area contributed by atoms with Gasteiger partial charge in [-0.25, -0.2) is 0 Å². The Morgan fingerprint density at radius 3 is 1.55 bits per heavy atom. The van der Waals surface area contributed by atoms with Gasteiger partial charge in [0, 0.05) is 62.3 Å². The number of hydrogen-bond donors (Lipinski definition) is 1. The van der Waals surface area contributed by atoms with Gasteiger partial charge in [-0.05, 0) is 80.9 Å². The second-order valence-corrected chi connectivity index (χ2v) is 21.6. The van der Waals surface area contributed by atoms with Crippen molar-refractivity contribution in [3.05, 3.63) is 29.8 Å². The Balaban J connectivity index is 2.28. The van der Waals surface area contributed by atoms with Crippen molar-refractivity contribution in [2.45, 2.75) is 163 Å². The molecule has 19 nitrogen and oxygen atoms in total. The van der Waals surface area contributed by atoms with Gasteiger partial charge >= 0.3 is 0 Å². The van der Waals surface area contributed by atoms with Gasteiger partial charge in [-0.1, -0.05) is 80.4 Å². The summed E-state index contributed by atoms with van der Waals surface area (Å²) in [6.45, 7) is 18.0. The van der Waals surface area contributed by atoms with Crippen molar-refractivity contribution in [2.24, 2.45) is 23.7 Å². The van der Waals surface area contributed by atoms with Crippen LogP contribution < -0.4 is 10.1 Å². The summed E-state index contributed by atoms with van der Waals surface area (Å²) in [5, 5.41) is 2.85. The molecule has 2 aliphatic rings. The highest BCUT2D eigenvalue weighted by molar-refractivity contribution is 5.99. The molecule has 0 spiro atoms. The molecule has 9 amide bonds. The Morgan fingerprint density at radius 2 is 1.05 bits per heavy atom. The van der Waals surface area contributed by atoms with E-state index in [0.29, 0.717) is 37.0 Å². The molecule has 0 bridgehead atoms. The van der Waals surface area contributed by atoms with Gasteiger partial charge in [-0.15, -0.1) is 0 Å². The molecule has 410 valence electrons. The largest absolute Gasteiger partial charge is 0.497 e. The van der Waals surface area contributed by atoms with Crippen molar-refractivity contribution in [2.75, 3.05) is 69.5 Å². The zero-order chi connectivity index (χ0) is 55.5. The molecule has 2 aliphatic heterocycles. The van der Waals surface area contributed by atoms with E-state index < -0.39 is 114 Å². The van der Waals surface area contributed by atoms with Crippen LogP contribution in [0.15, 0.2) is 24.3 Å². The number of nitrogens with zero attached hydrogens (tertiary/aromatic N) is 8. The summed E-state index contributed by atoms with van der Waals surface area (Å²) in [7, 11) is 12.0. The maximum atomic E-state index is 15.0. The summed E-state index contributed by atoms with van der Waals surface area (Å²) in [6, 6.07) is -1.56. The van der Waals surface area contributed by atoms with Crippen LogP contribution in [0.4, 0.5) is 0 Å². The highest BCUT2D eigenvalue weighted by Crippen LogP contribution is 2.28. The van der Waals surface area contributed by atoms with Crippen LogP contribution in [0.2, 0.25) is 0 Å². The number of hydrogen-bond acceptors (Lipinski definition) is 10. The fourth-order valence-electron chi connectivity index (χ4n) is 10.0. The van der Waals surface area contributed by atoms with E-state index in [-0.39, 0.29) is 43.6 Å². The second kappa shape index (κ2) is 27.0. The van der Waals surface area contributed by atoms with Crippen LogP contribution >= 0.6 is 0 Å². The van der Waals surface area contributed by atoms with Crippen LogP contribution in [0.3, 0.4) is 0 Å². The first kappa shape index (κ1) is 61.5. The van der Waals surface area contributed by atoms with E-state index in [1.165, 1.54) is 103 Å². The van der Waals surface area contributed by atoms with Gasteiger partial charge in [0.1, 0.15) is 54.1 Å². The van der Waals surface area contributed by atoms with E-state index >= 15 is 0 Å². The lowest BCUT2D eigenvalue weighted by Gasteiger charge is -2.41. The van der Waals surface area contributed by atoms with Crippen LogP contribution in [0, 0.1) is 23.7 Å². The predicted octanol–water partition coefficient (Wildman–Crippen LogP) is 3.37. The molecule has 0 aliphatic carbocycles. The molecule has 10 unspecified atom stereocenters. The number of fused-ring (bicyclic) bond motifs is 1. The molecular formula is C54H89N9O10. The average molecular weight is 1020 g/mol. The van der Waals surface area contributed by atoms with Crippen LogP contribution in [-0.2, 0) is 49.6 Å². The lowest BCUT2D eigenvalue weighted by Crippen LogP contribution is -2.62. The number of benzene rings is 1. The molecule has 0 aromatic heterocycles. The number of carbonyl (C=O) groups excluding carboxylic acids is 9. The standard InChI is InChI=1S/C54H89N9O10/c1-19-34(7)45-53(71)57(12)37(10)49(67)56(11)31-44(64)58(13)43(29-33(5)6)52(70)63-27-21-22-40(63)50(68)59(14)41(30-38-23-25-39(73-18)26-24-38)47(65)55-36(9)48(66)61(16)46(35(8)20-2)54(72)60(15)42(28-32(3)4)51(69)62(45)17/h23-26,32-37,40-43,45-46H,19-22,27-31H2,1-18H3,(H,55,65). The third kappa shape index (κ3) is 14.7. The molecule has 73 heavy (non-hydrogen) atoms. The highest BCUT2D eigenvalue weighted by atomic mass is 16.5. The van der Waals surface area contributed by atoms with Crippen molar-refractivity contribution in [1.29, 1.82) is 0 Å². The van der Waals surface area contributed by atoms with Crippen LogP contribution in [0.1, 0.15) is 113 Å². The van der Waals surface area contributed by atoms with Gasteiger partial charge in [0.2, 0.25) is 53.2 Å². The number of rotatable bonds is 11. The Labute approximate surface area is 435 Å². The summed E-state index contributed by atoms with van der Waals surface area (Å²) in [6.07, 6.45) is 2.28. The molecule has 10 atom stereocenters. The monoisotopic (exact) mass is 1020 g/mol. The number of ether oxygens (including phenoxy) is 1. The Morgan fingerprint density at radius 1 is 0.575 bits per heavy atom. The molecule has 1 aromatic carbocycles. The third-order valence-corrected chi connectivity index (χ3v) is 15.3. The van der Waals surface area contributed by atoms with E-state index in [1.54, 1.807) is 31.2 Å². The number of likely N-dealkylation sites (N-methyl/N-ethyl adjacent to an activating group) is 7. The normalized spacial score (nSPS) is 26.8. The van der Waals surface area contributed by atoms with Crippen LogP contribution in [-0.4, -0.2) is 210 Å². The van der Waals surface area contributed by atoms with Crippen molar-refractivity contribution in [1.82, 2.24) is 44.5 Å². The van der Waals surface area contributed by atoms with E-state index in [0.717, 1.165) is 0 Å². The van der Waals surface area contributed by atoms with Gasteiger partial charge in [0.15, 0.2) is 0 Å². The van der Waals surface area contributed by atoms with E-state index in [1.807, 2.05) is 55.4 Å². The molecule has 2 fully saturated rings. The first-order valence-electron chi connectivity index (χ1n) is 26.2. The number of methoxy groups -OCH3 is 1. The Hall–Kier alpha value is -5.75. The van der Waals surface area contributed by atoms with Crippen LogP contribution in [0.25, 0.3) is 0 Å². The third-order valence-electron chi connectivity index (χ3n) is 15.3. The zero-order valence-electron chi connectivity index (χ0n) is 47.3. The van der Waals surface area contributed by atoms with Crippen molar-refractivity contribution >= 4 is 53.2 Å². The molecule has 3 rings (SSSR count). The van der Waals surface area contributed by atoms with Gasteiger partial charge < -0.3 is 49.3 Å². The zero-order valence-corrected chi connectivity index (χ0v) is 47.3. The number of carbonyl (C=O) groups is 9. The predicted molar refractivity (Wildman–Crippen MR) is 280 cm³/mol. The number of nitrogens with one attached hydrogen (secondary N) is 1. The molecule has 0 radical (unpaired) electrons. The van der Waals surface area contributed by atoms with Crippen molar-refractivity contribution in [3.63, 3.8) is 0 Å². The number of amides is 9. The molecule has 2 heterocycles. The van der Waals surface area contributed by atoms with E-state index in [9.17, 15) is 43.2 Å². The minimum atomic E-state index is -1.19. The smallest absolute Gasteiger partial charge is 0.246 e. The molecule has 19 heteroatoms. The second-order valence-electron chi connectivity index (χ2n) is 21.6. The molecule has 1 N–H and O–H groups in total. The summed E-state index contributed by atoms with van der Waals surface area (Å²) >= 11 is 0. The summed E-state index contributed by atoms with van der Waals surface area (Å²) < 4.78 is 5.36. The Kier molecular flexibility index (Phi) is 22.7. The maximum Gasteiger partial charge on any atom is 0.246 e. The highest BCUT2D eigenvalue weighted by Gasteiger charge is 2.46. The summed E-state index contributed by atoms with van der Waals surface area (Å²) in [5.41, 5.74) is 0.689. The Bertz CT molecular complexity index is 2120.